The number of benzene rings is 2. The molecule has 0 bridgehead atoms. The normalized spacial score (nSPS) is 16.1. The van der Waals surface area contributed by atoms with E-state index >= 15 is 0 Å². The Kier molecular flexibility index (Phi) is 3.51. The highest BCUT2D eigenvalue weighted by Gasteiger charge is 2.22. The number of aliphatic hydroxyl groups is 1. The molecule has 19 heavy (non-hydrogen) atoms. The van der Waals surface area contributed by atoms with Crippen molar-refractivity contribution >= 4 is 0 Å². The number of hydrogen-bond donors (Lipinski definition) is 1. The molecular formula is C17H18O2. The van der Waals surface area contributed by atoms with E-state index in [1.54, 1.807) is 0 Å². The summed E-state index contributed by atoms with van der Waals surface area (Å²) in [6.07, 6.45) is 1.98. The SMILES string of the molecule is OC(c1ccccc1)c1cccc(OCC2CC2)c1. The summed E-state index contributed by atoms with van der Waals surface area (Å²) in [5.41, 5.74) is 1.78. The first kappa shape index (κ1) is 12.2. The molecule has 2 heteroatoms. The maximum Gasteiger partial charge on any atom is 0.119 e. The molecule has 0 aromatic heterocycles. The molecule has 2 aromatic rings. The Hall–Kier alpha value is -1.80. The second-order valence-corrected chi connectivity index (χ2v) is 5.14. The second kappa shape index (κ2) is 5.45. The first-order valence-corrected chi connectivity index (χ1v) is 6.79. The van der Waals surface area contributed by atoms with Gasteiger partial charge in [-0.25, -0.2) is 0 Å². The van der Waals surface area contributed by atoms with Gasteiger partial charge in [0.15, 0.2) is 0 Å². The zero-order valence-corrected chi connectivity index (χ0v) is 10.8. The van der Waals surface area contributed by atoms with Gasteiger partial charge in [0.25, 0.3) is 0 Å². The molecule has 1 unspecified atom stereocenters. The highest BCUT2D eigenvalue weighted by atomic mass is 16.5. The number of ether oxygens (including phenoxy) is 1. The van der Waals surface area contributed by atoms with Crippen molar-refractivity contribution in [3.05, 3.63) is 65.7 Å². The van der Waals surface area contributed by atoms with Gasteiger partial charge < -0.3 is 9.84 Å². The van der Waals surface area contributed by atoms with E-state index in [2.05, 4.69) is 0 Å². The molecule has 0 amide bonds. The standard InChI is InChI=1S/C17H18O2/c18-17(14-5-2-1-3-6-14)15-7-4-8-16(11-15)19-12-13-9-10-13/h1-8,11,13,17-18H,9-10,12H2. The fraction of sp³-hybridized carbons (Fsp3) is 0.294. The van der Waals surface area contributed by atoms with Crippen molar-refractivity contribution in [3.8, 4) is 5.75 Å². The predicted octanol–water partition coefficient (Wildman–Crippen LogP) is 3.56. The smallest absolute Gasteiger partial charge is 0.119 e. The summed E-state index contributed by atoms with van der Waals surface area (Å²) in [4.78, 5) is 0. The minimum atomic E-state index is -0.592. The Morgan fingerprint density at radius 2 is 1.74 bits per heavy atom. The highest BCUT2D eigenvalue weighted by Crippen LogP contribution is 2.30. The van der Waals surface area contributed by atoms with Crippen LogP contribution in [0.1, 0.15) is 30.1 Å². The van der Waals surface area contributed by atoms with Crippen LogP contribution in [0.4, 0.5) is 0 Å². The fourth-order valence-corrected chi connectivity index (χ4v) is 2.10. The maximum absolute atomic E-state index is 10.4. The van der Waals surface area contributed by atoms with Gasteiger partial charge in [0.05, 0.1) is 6.61 Å². The zero-order chi connectivity index (χ0) is 13.1. The van der Waals surface area contributed by atoms with Crippen LogP contribution in [-0.4, -0.2) is 11.7 Å². The van der Waals surface area contributed by atoms with Crippen LogP contribution in [0.3, 0.4) is 0 Å². The molecule has 1 saturated carbocycles. The van der Waals surface area contributed by atoms with Gasteiger partial charge in [-0.3, -0.25) is 0 Å². The van der Waals surface area contributed by atoms with E-state index in [1.807, 2.05) is 54.6 Å². The summed E-state index contributed by atoms with van der Waals surface area (Å²) in [6.45, 7) is 0.797. The van der Waals surface area contributed by atoms with Gasteiger partial charge in [-0.2, -0.15) is 0 Å². The third-order valence-corrected chi connectivity index (χ3v) is 3.47. The molecule has 98 valence electrons. The van der Waals surface area contributed by atoms with Gasteiger partial charge in [-0.05, 0) is 42.0 Å². The fourth-order valence-electron chi connectivity index (χ4n) is 2.10. The maximum atomic E-state index is 10.4. The van der Waals surface area contributed by atoms with Crippen LogP contribution in [-0.2, 0) is 0 Å². The Morgan fingerprint density at radius 3 is 2.47 bits per heavy atom. The van der Waals surface area contributed by atoms with Crippen LogP contribution in [0, 0.1) is 5.92 Å². The Bertz CT molecular complexity index is 532. The van der Waals surface area contributed by atoms with Crippen LogP contribution in [0.5, 0.6) is 5.75 Å². The van der Waals surface area contributed by atoms with Gasteiger partial charge in [-0.15, -0.1) is 0 Å². The highest BCUT2D eigenvalue weighted by molar-refractivity contribution is 5.35. The summed E-state index contributed by atoms with van der Waals surface area (Å²) >= 11 is 0. The summed E-state index contributed by atoms with van der Waals surface area (Å²) in [7, 11) is 0. The predicted molar refractivity (Wildman–Crippen MR) is 75.2 cm³/mol. The lowest BCUT2D eigenvalue weighted by Crippen LogP contribution is -2.02. The van der Waals surface area contributed by atoms with Crippen molar-refractivity contribution in [2.75, 3.05) is 6.61 Å². The van der Waals surface area contributed by atoms with Crippen molar-refractivity contribution in [3.63, 3.8) is 0 Å². The van der Waals surface area contributed by atoms with Crippen molar-refractivity contribution < 1.29 is 9.84 Å². The van der Waals surface area contributed by atoms with E-state index in [4.69, 9.17) is 4.74 Å². The minimum absolute atomic E-state index is 0.592. The van der Waals surface area contributed by atoms with Crippen molar-refractivity contribution in [2.24, 2.45) is 5.92 Å². The van der Waals surface area contributed by atoms with E-state index in [0.29, 0.717) is 0 Å². The molecule has 0 heterocycles. The van der Waals surface area contributed by atoms with Gasteiger partial charge in [-0.1, -0.05) is 42.5 Å². The molecule has 2 nitrogen and oxygen atoms in total. The van der Waals surface area contributed by atoms with Crippen LogP contribution >= 0.6 is 0 Å². The van der Waals surface area contributed by atoms with E-state index in [1.165, 1.54) is 12.8 Å². The molecule has 0 radical (unpaired) electrons. The summed E-state index contributed by atoms with van der Waals surface area (Å²) in [6, 6.07) is 17.4. The molecule has 1 aliphatic carbocycles. The Balaban J connectivity index is 1.74. The zero-order valence-electron chi connectivity index (χ0n) is 10.8. The summed E-state index contributed by atoms with van der Waals surface area (Å²) in [5, 5.41) is 10.4. The third-order valence-electron chi connectivity index (χ3n) is 3.47. The quantitative estimate of drug-likeness (QED) is 0.884. The monoisotopic (exact) mass is 254 g/mol. The van der Waals surface area contributed by atoms with E-state index < -0.39 is 6.10 Å². The van der Waals surface area contributed by atoms with Gasteiger partial charge in [0.2, 0.25) is 0 Å². The van der Waals surface area contributed by atoms with Gasteiger partial charge in [0.1, 0.15) is 11.9 Å². The number of hydrogen-bond acceptors (Lipinski definition) is 2. The average molecular weight is 254 g/mol. The van der Waals surface area contributed by atoms with Gasteiger partial charge in [0, 0.05) is 0 Å². The van der Waals surface area contributed by atoms with Gasteiger partial charge >= 0.3 is 0 Å². The Labute approximate surface area is 113 Å². The molecule has 3 rings (SSSR count). The van der Waals surface area contributed by atoms with Crippen LogP contribution in [0.2, 0.25) is 0 Å². The first-order chi connectivity index (χ1) is 9.33. The molecular weight excluding hydrogens is 236 g/mol. The molecule has 1 N–H and O–H groups in total. The summed E-state index contributed by atoms with van der Waals surface area (Å²) < 4.78 is 5.75. The largest absolute Gasteiger partial charge is 0.493 e. The molecule has 0 saturated heterocycles. The first-order valence-electron chi connectivity index (χ1n) is 6.79. The van der Waals surface area contributed by atoms with Crippen LogP contribution < -0.4 is 4.74 Å². The molecule has 1 aliphatic rings. The third kappa shape index (κ3) is 3.15. The Morgan fingerprint density at radius 1 is 1.00 bits per heavy atom. The number of aliphatic hydroxyl groups excluding tert-OH is 1. The minimum Gasteiger partial charge on any atom is -0.493 e. The molecule has 0 aliphatic heterocycles. The van der Waals surface area contributed by atoms with E-state index in [0.717, 1.165) is 29.4 Å². The van der Waals surface area contributed by atoms with E-state index in [-0.39, 0.29) is 0 Å². The van der Waals surface area contributed by atoms with Crippen molar-refractivity contribution in [1.29, 1.82) is 0 Å². The van der Waals surface area contributed by atoms with E-state index in [9.17, 15) is 5.11 Å². The molecule has 0 spiro atoms. The van der Waals surface area contributed by atoms with Crippen LogP contribution in [0.15, 0.2) is 54.6 Å². The summed E-state index contributed by atoms with van der Waals surface area (Å²) in [5.74, 6) is 1.59. The number of rotatable bonds is 5. The van der Waals surface area contributed by atoms with Crippen LogP contribution in [0.25, 0.3) is 0 Å². The lowest BCUT2D eigenvalue weighted by molar-refractivity contribution is 0.219. The second-order valence-electron chi connectivity index (χ2n) is 5.14. The lowest BCUT2D eigenvalue weighted by atomic mass is 10.0. The molecule has 1 atom stereocenters. The molecule has 1 fully saturated rings. The lowest BCUT2D eigenvalue weighted by Gasteiger charge is -2.13. The van der Waals surface area contributed by atoms with Crippen molar-refractivity contribution in [1.82, 2.24) is 0 Å². The topological polar surface area (TPSA) is 29.5 Å². The van der Waals surface area contributed by atoms with Crippen molar-refractivity contribution in [2.45, 2.75) is 18.9 Å². The average Bonchev–Trinajstić information content (AvgIpc) is 3.30. The molecule has 2 aromatic carbocycles.